The number of carbonyl (C=O) groups is 3. The number of unbranched alkanes of at least 4 members (excludes halogenated alkanes) is 3. The van der Waals surface area contributed by atoms with E-state index in [1.165, 1.54) is 12.3 Å². The van der Waals surface area contributed by atoms with Crippen molar-refractivity contribution in [3.63, 3.8) is 0 Å². The lowest BCUT2D eigenvalue weighted by Gasteiger charge is -2.12. The maximum absolute atomic E-state index is 11.9. The van der Waals surface area contributed by atoms with E-state index in [1.54, 1.807) is 31.2 Å². The first-order chi connectivity index (χ1) is 12.5. The number of carbonyl (C=O) groups excluding carboxylic acids is 3. The molecule has 0 atom stereocenters. The third-order valence-corrected chi connectivity index (χ3v) is 3.81. The van der Waals surface area contributed by atoms with Gasteiger partial charge in [0.2, 0.25) is 0 Å². The lowest BCUT2D eigenvalue weighted by Crippen LogP contribution is -2.20. The first-order valence-electron chi connectivity index (χ1n) is 8.70. The number of anilines is 1. The van der Waals surface area contributed by atoms with Gasteiger partial charge >= 0.3 is 11.9 Å². The van der Waals surface area contributed by atoms with Crippen molar-refractivity contribution < 1.29 is 23.9 Å². The average molecular weight is 357 g/mol. The molecule has 0 amide bonds. The van der Waals surface area contributed by atoms with E-state index in [-0.39, 0.29) is 17.3 Å². The van der Waals surface area contributed by atoms with Crippen molar-refractivity contribution in [3.05, 3.63) is 53.4 Å². The molecular formula is C20H23NO5. The highest BCUT2D eigenvalue weighted by atomic mass is 16.5. The van der Waals surface area contributed by atoms with Gasteiger partial charge in [-0.05, 0) is 37.6 Å². The van der Waals surface area contributed by atoms with Crippen LogP contribution < -0.4 is 5.32 Å². The highest BCUT2D eigenvalue weighted by Gasteiger charge is 2.23. The molecule has 0 spiro atoms. The molecule has 1 aliphatic rings. The molecular weight excluding hydrogens is 334 g/mol. The Morgan fingerprint density at radius 2 is 1.88 bits per heavy atom. The van der Waals surface area contributed by atoms with Crippen LogP contribution in [0.25, 0.3) is 0 Å². The molecule has 6 heteroatoms. The summed E-state index contributed by atoms with van der Waals surface area (Å²) in [7, 11) is 0. The topological polar surface area (TPSA) is 81.7 Å². The summed E-state index contributed by atoms with van der Waals surface area (Å²) in [6.07, 6.45) is 6.75. The van der Waals surface area contributed by atoms with Crippen molar-refractivity contribution in [1.82, 2.24) is 0 Å². The molecule has 2 rings (SSSR count). The van der Waals surface area contributed by atoms with E-state index in [0.29, 0.717) is 17.9 Å². The zero-order chi connectivity index (χ0) is 18.9. The number of esters is 2. The number of hydrogen-bond donors (Lipinski definition) is 1. The molecule has 6 nitrogen and oxygen atoms in total. The Morgan fingerprint density at radius 1 is 1.15 bits per heavy atom. The normalized spacial score (nSPS) is 15.5. The highest BCUT2D eigenvalue weighted by molar-refractivity contribution is 6.23. The Kier molecular flexibility index (Phi) is 7.14. The van der Waals surface area contributed by atoms with E-state index in [4.69, 9.17) is 9.47 Å². The van der Waals surface area contributed by atoms with Crippen molar-refractivity contribution >= 4 is 23.4 Å². The molecule has 0 unspecified atom stereocenters. The molecule has 26 heavy (non-hydrogen) atoms. The Balaban J connectivity index is 1.89. The molecule has 1 aromatic rings. The van der Waals surface area contributed by atoms with Crippen molar-refractivity contribution in [1.29, 1.82) is 0 Å². The van der Waals surface area contributed by atoms with Gasteiger partial charge in [0.1, 0.15) is 11.3 Å². The number of rotatable bonds is 8. The third kappa shape index (κ3) is 5.58. The second-order valence-electron chi connectivity index (χ2n) is 5.99. The number of hydrogen-bond acceptors (Lipinski definition) is 6. The van der Waals surface area contributed by atoms with Crippen molar-refractivity contribution in [2.75, 3.05) is 11.9 Å². The van der Waals surface area contributed by atoms with E-state index >= 15 is 0 Å². The molecule has 0 radical (unpaired) electrons. The fourth-order valence-electron chi connectivity index (χ4n) is 2.36. The van der Waals surface area contributed by atoms with Gasteiger partial charge in [-0.15, -0.1) is 0 Å². The van der Waals surface area contributed by atoms with Gasteiger partial charge in [-0.2, -0.15) is 0 Å². The van der Waals surface area contributed by atoms with Crippen LogP contribution in [0.3, 0.4) is 0 Å². The lowest BCUT2D eigenvalue weighted by molar-refractivity contribution is -0.137. The van der Waals surface area contributed by atoms with Crippen LogP contribution in [-0.2, 0) is 19.1 Å². The van der Waals surface area contributed by atoms with Crippen molar-refractivity contribution in [2.24, 2.45) is 0 Å². The maximum atomic E-state index is 11.9. The zero-order valence-corrected chi connectivity index (χ0v) is 15.0. The summed E-state index contributed by atoms with van der Waals surface area (Å²) < 4.78 is 10.1. The summed E-state index contributed by atoms with van der Waals surface area (Å²) in [6.45, 7) is 4.09. The standard InChI is InChI=1S/C20H23NO5/c1-3-4-5-6-11-25-19(23)15-7-9-16(10-8-15)21-13-17-18(22)12-14(2)26-20(17)24/h7-10,12-13,21H,3-6,11H2,1-2H3. The lowest BCUT2D eigenvalue weighted by atomic mass is 10.1. The van der Waals surface area contributed by atoms with Crippen LogP contribution in [0.5, 0.6) is 0 Å². The summed E-state index contributed by atoms with van der Waals surface area (Å²) >= 11 is 0. The van der Waals surface area contributed by atoms with Crippen LogP contribution in [0.2, 0.25) is 0 Å². The van der Waals surface area contributed by atoms with E-state index in [2.05, 4.69) is 12.2 Å². The first kappa shape index (κ1) is 19.4. The minimum atomic E-state index is -0.689. The highest BCUT2D eigenvalue weighted by Crippen LogP contribution is 2.16. The predicted octanol–water partition coefficient (Wildman–Crippen LogP) is 3.75. The number of cyclic esters (lactones) is 1. The van der Waals surface area contributed by atoms with E-state index in [0.717, 1.165) is 25.7 Å². The van der Waals surface area contributed by atoms with Crippen LogP contribution in [0.1, 0.15) is 49.9 Å². The van der Waals surface area contributed by atoms with Gasteiger partial charge in [0.15, 0.2) is 5.78 Å². The molecule has 0 saturated carbocycles. The van der Waals surface area contributed by atoms with Gasteiger partial charge in [-0.25, -0.2) is 9.59 Å². The zero-order valence-electron chi connectivity index (χ0n) is 15.0. The summed E-state index contributed by atoms with van der Waals surface area (Å²) in [5.41, 5.74) is 1.00. The van der Waals surface area contributed by atoms with Crippen LogP contribution in [0.4, 0.5) is 5.69 Å². The van der Waals surface area contributed by atoms with Gasteiger partial charge < -0.3 is 14.8 Å². The molecule has 1 aliphatic heterocycles. The largest absolute Gasteiger partial charge is 0.462 e. The fraction of sp³-hybridized carbons (Fsp3) is 0.350. The van der Waals surface area contributed by atoms with Crippen LogP contribution in [-0.4, -0.2) is 24.3 Å². The molecule has 1 N–H and O–H groups in total. The van der Waals surface area contributed by atoms with Gasteiger partial charge in [0.05, 0.1) is 12.2 Å². The van der Waals surface area contributed by atoms with E-state index < -0.39 is 11.8 Å². The monoisotopic (exact) mass is 357 g/mol. The van der Waals surface area contributed by atoms with Gasteiger partial charge in [-0.1, -0.05) is 26.2 Å². The van der Waals surface area contributed by atoms with Gasteiger partial charge in [0, 0.05) is 18.0 Å². The molecule has 0 aromatic heterocycles. The average Bonchev–Trinajstić information content (AvgIpc) is 2.61. The van der Waals surface area contributed by atoms with Gasteiger partial charge in [-0.3, -0.25) is 4.79 Å². The van der Waals surface area contributed by atoms with E-state index in [1.807, 2.05) is 0 Å². The maximum Gasteiger partial charge on any atom is 0.348 e. The third-order valence-electron chi connectivity index (χ3n) is 3.81. The molecule has 0 fully saturated rings. The molecule has 1 heterocycles. The summed E-state index contributed by atoms with van der Waals surface area (Å²) in [6, 6.07) is 6.59. The number of allylic oxidation sites excluding steroid dienone is 2. The fourth-order valence-corrected chi connectivity index (χ4v) is 2.36. The summed E-state index contributed by atoms with van der Waals surface area (Å²) in [4.78, 5) is 35.4. The second-order valence-corrected chi connectivity index (χ2v) is 5.99. The second kappa shape index (κ2) is 9.56. The number of nitrogens with one attached hydrogen (secondary N) is 1. The number of benzene rings is 1. The van der Waals surface area contributed by atoms with Crippen LogP contribution in [0.15, 0.2) is 47.9 Å². The molecule has 138 valence electrons. The Morgan fingerprint density at radius 3 is 2.54 bits per heavy atom. The smallest absolute Gasteiger partial charge is 0.348 e. The molecule has 0 bridgehead atoms. The summed E-state index contributed by atoms with van der Waals surface area (Å²) in [5, 5.41) is 2.86. The molecule has 1 aromatic carbocycles. The number of ether oxygens (including phenoxy) is 2. The SMILES string of the molecule is CCCCCCOC(=O)c1ccc(NC=C2C(=O)C=C(C)OC2=O)cc1. The predicted molar refractivity (Wildman–Crippen MR) is 97.4 cm³/mol. The molecule has 0 aliphatic carbocycles. The number of ketones is 1. The molecule has 0 saturated heterocycles. The first-order valence-corrected chi connectivity index (χ1v) is 8.70. The quantitative estimate of drug-likeness (QED) is 0.330. The minimum Gasteiger partial charge on any atom is -0.462 e. The van der Waals surface area contributed by atoms with Crippen LogP contribution >= 0.6 is 0 Å². The van der Waals surface area contributed by atoms with Crippen molar-refractivity contribution in [2.45, 2.75) is 39.5 Å². The Labute approximate surface area is 152 Å². The Hall–Kier alpha value is -2.89. The summed E-state index contributed by atoms with van der Waals surface area (Å²) in [5.74, 6) is -1.19. The van der Waals surface area contributed by atoms with Gasteiger partial charge in [0.25, 0.3) is 0 Å². The van der Waals surface area contributed by atoms with Crippen LogP contribution in [0, 0.1) is 0 Å². The van der Waals surface area contributed by atoms with Crippen molar-refractivity contribution in [3.8, 4) is 0 Å². The minimum absolute atomic E-state index is 0.0776. The van der Waals surface area contributed by atoms with E-state index in [9.17, 15) is 14.4 Å². The Bertz CT molecular complexity index is 731.